The second kappa shape index (κ2) is 11.6. The zero-order valence-corrected chi connectivity index (χ0v) is 23.4. The van der Waals surface area contributed by atoms with Crippen LogP contribution in [-0.2, 0) is 11.2 Å². The first-order chi connectivity index (χ1) is 19.4. The third-order valence-electron chi connectivity index (χ3n) is 9.31. The Morgan fingerprint density at radius 3 is 2.55 bits per heavy atom. The van der Waals surface area contributed by atoms with Gasteiger partial charge in [-0.15, -0.1) is 0 Å². The number of ether oxygens (including phenoxy) is 2. The molecule has 0 spiro atoms. The van der Waals surface area contributed by atoms with Gasteiger partial charge in [0.1, 0.15) is 0 Å². The van der Waals surface area contributed by atoms with E-state index in [9.17, 15) is 14.9 Å². The van der Waals surface area contributed by atoms with E-state index in [1.807, 2.05) is 18.2 Å². The first kappa shape index (κ1) is 26.9. The molecule has 1 aliphatic carbocycles. The largest absolute Gasteiger partial charge is 0.454 e. The topological polar surface area (TPSA) is 88.4 Å². The van der Waals surface area contributed by atoms with E-state index in [0.29, 0.717) is 43.7 Å². The Bertz CT molecular complexity index is 1210. The predicted molar refractivity (Wildman–Crippen MR) is 153 cm³/mol. The van der Waals surface area contributed by atoms with E-state index in [1.54, 1.807) is 12.1 Å². The predicted octanol–water partition coefficient (Wildman–Crippen LogP) is 4.73. The Hall–Kier alpha value is -3.33. The third-order valence-corrected chi connectivity index (χ3v) is 9.31. The second-order valence-corrected chi connectivity index (χ2v) is 12.1. The maximum Gasteiger partial charge on any atom is 0.269 e. The van der Waals surface area contributed by atoms with Gasteiger partial charge in [0.05, 0.1) is 10.8 Å². The number of carbonyl (C=O) groups excluding carboxylic acids is 1. The molecule has 0 N–H and O–H groups in total. The number of benzene rings is 2. The normalized spacial score (nSPS) is 25.4. The maximum atomic E-state index is 13.8. The van der Waals surface area contributed by atoms with E-state index in [1.165, 1.54) is 31.2 Å². The second-order valence-electron chi connectivity index (χ2n) is 12.1. The van der Waals surface area contributed by atoms with Crippen LogP contribution in [0.5, 0.6) is 11.5 Å². The molecule has 1 unspecified atom stereocenters. The minimum Gasteiger partial charge on any atom is -0.454 e. The number of amides is 1. The van der Waals surface area contributed by atoms with Crippen molar-refractivity contribution in [2.75, 3.05) is 51.0 Å². The summed E-state index contributed by atoms with van der Waals surface area (Å²) in [4.78, 5) is 31.3. The zero-order valence-electron chi connectivity index (χ0n) is 23.4. The van der Waals surface area contributed by atoms with Crippen molar-refractivity contribution in [1.82, 2.24) is 9.80 Å². The van der Waals surface area contributed by atoms with Gasteiger partial charge in [0.15, 0.2) is 11.5 Å². The smallest absolute Gasteiger partial charge is 0.269 e. The van der Waals surface area contributed by atoms with Gasteiger partial charge in [-0.1, -0.05) is 25.8 Å². The summed E-state index contributed by atoms with van der Waals surface area (Å²) in [6, 6.07) is 13.6. The van der Waals surface area contributed by atoms with Crippen LogP contribution in [0.2, 0.25) is 0 Å². The summed E-state index contributed by atoms with van der Waals surface area (Å²) in [5.74, 6) is 3.11. The summed E-state index contributed by atoms with van der Waals surface area (Å²) in [6.07, 6.45) is 7.03. The summed E-state index contributed by atoms with van der Waals surface area (Å²) in [5.41, 5.74) is 2.35. The Morgan fingerprint density at radius 2 is 1.77 bits per heavy atom. The van der Waals surface area contributed by atoms with Gasteiger partial charge >= 0.3 is 0 Å². The molecule has 3 aliphatic heterocycles. The fourth-order valence-corrected chi connectivity index (χ4v) is 7.35. The number of anilines is 1. The molecular formula is C31H40N4O5. The number of hydrogen-bond acceptors (Lipinski definition) is 7. The molecule has 3 fully saturated rings. The van der Waals surface area contributed by atoms with Crippen LogP contribution in [0.25, 0.3) is 0 Å². The summed E-state index contributed by atoms with van der Waals surface area (Å²) < 4.78 is 11.1. The van der Waals surface area contributed by atoms with Crippen LogP contribution in [0.3, 0.4) is 0 Å². The van der Waals surface area contributed by atoms with Gasteiger partial charge in [-0.2, -0.15) is 0 Å². The molecule has 1 saturated carbocycles. The van der Waals surface area contributed by atoms with Crippen molar-refractivity contribution in [3.8, 4) is 11.5 Å². The van der Waals surface area contributed by atoms with Crippen molar-refractivity contribution in [2.45, 2.75) is 51.5 Å². The molecule has 1 amide bonds. The molecule has 2 aromatic carbocycles. The van der Waals surface area contributed by atoms with Crippen molar-refractivity contribution < 1.29 is 19.2 Å². The molecule has 40 heavy (non-hydrogen) atoms. The summed E-state index contributed by atoms with van der Waals surface area (Å²) in [7, 11) is 0. The Kier molecular flexibility index (Phi) is 7.82. The third kappa shape index (κ3) is 5.75. The monoisotopic (exact) mass is 548 g/mol. The fraction of sp³-hybridized carbons (Fsp3) is 0.581. The average Bonchev–Trinajstić information content (AvgIpc) is 3.45. The van der Waals surface area contributed by atoms with Gasteiger partial charge in [0.25, 0.3) is 5.69 Å². The molecule has 9 heteroatoms. The molecule has 9 nitrogen and oxygen atoms in total. The van der Waals surface area contributed by atoms with E-state index >= 15 is 0 Å². The van der Waals surface area contributed by atoms with Crippen molar-refractivity contribution >= 4 is 17.3 Å². The molecule has 4 aliphatic rings. The quantitative estimate of drug-likeness (QED) is 0.365. The molecule has 0 aromatic heterocycles. The van der Waals surface area contributed by atoms with Gasteiger partial charge in [-0.05, 0) is 67.3 Å². The van der Waals surface area contributed by atoms with Crippen LogP contribution in [0.15, 0.2) is 42.5 Å². The van der Waals surface area contributed by atoms with Gasteiger partial charge in [0, 0.05) is 63.1 Å². The number of nitrogens with zero attached hydrogens (tertiary/aromatic N) is 4. The molecule has 4 atom stereocenters. The number of likely N-dealkylation sites (tertiary alicyclic amines) is 1. The number of piperazine rings is 1. The number of non-ortho nitro benzene ring substituents is 1. The molecule has 6 rings (SSSR count). The Balaban J connectivity index is 1.07. The lowest BCUT2D eigenvalue weighted by Crippen LogP contribution is -2.57. The number of nitro groups is 1. The van der Waals surface area contributed by atoms with Crippen LogP contribution in [0.4, 0.5) is 11.4 Å². The molecule has 0 radical (unpaired) electrons. The molecular weight excluding hydrogens is 508 g/mol. The van der Waals surface area contributed by atoms with Crippen molar-refractivity contribution in [3.05, 3.63) is 58.1 Å². The highest BCUT2D eigenvalue weighted by atomic mass is 16.7. The number of carbonyl (C=O) groups is 1. The van der Waals surface area contributed by atoms with Gasteiger partial charge in [0.2, 0.25) is 12.7 Å². The molecule has 0 bridgehead atoms. The highest BCUT2D eigenvalue weighted by Crippen LogP contribution is 2.39. The van der Waals surface area contributed by atoms with Gasteiger partial charge in [-0.25, -0.2) is 0 Å². The van der Waals surface area contributed by atoms with E-state index in [4.69, 9.17) is 9.47 Å². The minimum absolute atomic E-state index is 0.0584. The number of nitro benzene ring substituents is 1. The SMILES string of the molecule is CC(Cc1ccc2c(c1)OCO2)CN1C[C@@H](C(=O)N2CCN(c3ccc([N+](=O)[O-])cc3)CC2)C[C@@H]2CCCC[C@@H]21. The standard InChI is InChI=1S/C31H40N4O5/c1-22(16-23-6-11-29-30(17-23)40-21-39-29)19-34-20-25(18-24-4-2-3-5-28(24)34)31(36)33-14-12-32(13-15-33)26-7-9-27(10-8-26)35(37)38/h6-11,17,22,24-25,28H,2-5,12-16,18-21H2,1H3/t22?,24-,25-,28-/m0/s1. The van der Waals surface area contributed by atoms with Gasteiger partial charge < -0.3 is 19.3 Å². The fourth-order valence-electron chi connectivity index (χ4n) is 7.35. The van der Waals surface area contributed by atoms with Crippen molar-refractivity contribution in [1.29, 1.82) is 0 Å². The number of rotatable bonds is 7. The molecule has 2 aromatic rings. The first-order valence-electron chi connectivity index (χ1n) is 14.9. The number of fused-ring (bicyclic) bond motifs is 2. The number of piperidine rings is 1. The van der Waals surface area contributed by atoms with Crippen molar-refractivity contribution in [3.63, 3.8) is 0 Å². The van der Waals surface area contributed by atoms with Crippen LogP contribution in [0.1, 0.15) is 44.6 Å². The summed E-state index contributed by atoms with van der Waals surface area (Å²) in [6.45, 7) is 7.37. The summed E-state index contributed by atoms with van der Waals surface area (Å²) >= 11 is 0. The molecule has 2 saturated heterocycles. The van der Waals surface area contributed by atoms with Crippen LogP contribution in [0, 0.1) is 27.9 Å². The molecule has 3 heterocycles. The van der Waals surface area contributed by atoms with E-state index in [0.717, 1.165) is 56.2 Å². The van der Waals surface area contributed by atoms with E-state index in [2.05, 4.69) is 33.8 Å². The van der Waals surface area contributed by atoms with E-state index < -0.39 is 0 Å². The highest BCUT2D eigenvalue weighted by molar-refractivity contribution is 5.79. The van der Waals surface area contributed by atoms with E-state index in [-0.39, 0.29) is 16.5 Å². The lowest BCUT2D eigenvalue weighted by atomic mass is 9.74. The first-order valence-corrected chi connectivity index (χ1v) is 14.9. The lowest BCUT2D eigenvalue weighted by molar-refractivity contribution is -0.384. The lowest BCUT2D eigenvalue weighted by Gasteiger charge is -2.48. The average molecular weight is 549 g/mol. The van der Waals surface area contributed by atoms with Crippen molar-refractivity contribution in [2.24, 2.45) is 17.8 Å². The number of hydrogen-bond donors (Lipinski definition) is 0. The van der Waals surface area contributed by atoms with Crippen LogP contribution in [-0.4, -0.2) is 72.7 Å². The van der Waals surface area contributed by atoms with Crippen LogP contribution >= 0.6 is 0 Å². The summed E-state index contributed by atoms with van der Waals surface area (Å²) in [5, 5.41) is 11.0. The minimum atomic E-state index is -0.372. The van der Waals surface area contributed by atoms with Crippen LogP contribution < -0.4 is 14.4 Å². The maximum absolute atomic E-state index is 13.8. The zero-order chi connectivity index (χ0) is 27.6. The molecule has 214 valence electrons. The van der Waals surface area contributed by atoms with Gasteiger partial charge in [-0.3, -0.25) is 19.8 Å². The Labute approximate surface area is 236 Å². The highest BCUT2D eigenvalue weighted by Gasteiger charge is 2.41. The Morgan fingerprint density at radius 1 is 1.02 bits per heavy atom.